The van der Waals surface area contributed by atoms with Crippen molar-refractivity contribution in [2.45, 2.75) is 116 Å². The standard InChI is InChI=1S/C48H54S2Si2/c1-29(2)51(30(3)4,31(5)6)19-15-41-43-23-37-21-35-13-17-50-48(35)28-40(37)26-46(43)42(16-20-52(32(7)8,33(9)10)34(11)12)44-24-38-22-36-14-18-49-47(36)27-39(38)25-45(41)44/h13-14,17-18,21-34H,1-12H3. The van der Waals surface area contributed by atoms with Crippen LogP contribution in [0, 0.1) is 22.9 Å². The molecule has 52 heavy (non-hydrogen) atoms. The van der Waals surface area contributed by atoms with Crippen LogP contribution in [0.15, 0.2) is 71.4 Å². The van der Waals surface area contributed by atoms with E-state index in [9.17, 15) is 0 Å². The highest BCUT2D eigenvalue weighted by atomic mass is 32.1. The molecule has 0 radical (unpaired) electrons. The van der Waals surface area contributed by atoms with Crippen LogP contribution in [0.5, 0.6) is 0 Å². The monoisotopic (exact) mass is 750 g/mol. The molecule has 0 amide bonds. The van der Waals surface area contributed by atoms with E-state index in [-0.39, 0.29) is 0 Å². The number of rotatable bonds is 6. The number of hydrogen-bond donors (Lipinski definition) is 0. The summed E-state index contributed by atoms with van der Waals surface area (Å²) < 4.78 is 2.66. The van der Waals surface area contributed by atoms with Crippen LogP contribution in [0.4, 0.5) is 0 Å². The van der Waals surface area contributed by atoms with Crippen LogP contribution >= 0.6 is 22.7 Å². The van der Waals surface area contributed by atoms with Crippen LogP contribution in [0.2, 0.25) is 33.2 Å². The van der Waals surface area contributed by atoms with E-state index in [0.717, 1.165) is 0 Å². The van der Waals surface area contributed by atoms with E-state index in [1.54, 1.807) is 0 Å². The fourth-order valence-corrected chi connectivity index (χ4v) is 22.2. The molecule has 0 unspecified atom stereocenters. The van der Waals surface area contributed by atoms with Crippen LogP contribution < -0.4 is 0 Å². The molecule has 7 aromatic rings. The highest BCUT2D eigenvalue weighted by molar-refractivity contribution is 7.17. The SMILES string of the molecule is CC(C)[Si](C#Cc1c2cc3cc4ccsc4cc3cc2c(C#C[Si](C(C)C)(C(C)C)C(C)C)c2cc3cc4ccsc4cc3cc12)(C(C)C)C(C)C. The highest BCUT2D eigenvalue weighted by Gasteiger charge is 2.43. The summed E-state index contributed by atoms with van der Waals surface area (Å²) in [4.78, 5) is 0. The van der Waals surface area contributed by atoms with Crippen molar-refractivity contribution in [1.82, 2.24) is 0 Å². The van der Waals surface area contributed by atoms with E-state index < -0.39 is 16.1 Å². The minimum Gasteiger partial charge on any atom is -0.144 e. The summed E-state index contributed by atoms with van der Waals surface area (Å²) in [6, 6.07) is 23.8. The lowest BCUT2D eigenvalue weighted by molar-refractivity contribution is 0.838. The lowest BCUT2D eigenvalue weighted by Crippen LogP contribution is -2.43. The smallest absolute Gasteiger partial charge is 0.144 e. The molecular formula is C48H54S2Si2. The molecule has 0 spiro atoms. The van der Waals surface area contributed by atoms with Crippen molar-refractivity contribution in [3.05, 3.63) is 82.6 Å². The maximum absolute atomic E-state index is 4.16. The summed E-state index contributed by atoms with van der Waals surface area (Å²) in [7, 11) is -4.04. The quantitative estimate of drug-likeness (QED) is 0.0902. The molecule has 0 fully saturated rings. The van der Waals surface area contributed by atoms with Crippen molar-refractivity contribution < 1.29 is 0 Å². The molecule has 0 saturated carbocycles. The largest absolute Gasteiger partial charge is 0.146 e. The second-order valence-corrected chi connectivity index (χ2v) is 30.2. The number of fused-ring (bicyclic) bond motifs is 6. The molecule has 4 heteroatoms. The molecule has 0 nitrogen and oxygen atoms in total. The molecule has 0 aliphatic heterocycles. The second-order valence-electron chi connectivity index (χ2n) is 17.2. The topological polar surface area (TPSA) is 0 Å². The van der Waals surface area contributed by atoms with E-state index in [1.165, 1.54) is 74.4 Å². The van der Waals surface area contributed by atoms with Crippen LogP contribution in [0.25, 0.3) is 63.3 Å². The van der Waals surface area contributed by atoms with Crippen LogP contribution in [-0.4, -0.2) is 16.1 Å². The van der Waals surface area contributed by atoms with Gasteiger partial charge >= 0.3 is 0 Å². The third-order valence-electron chi connectivity index (χ3n) is 12.7. The summed E-state index contributed by atoms with van der Waals surface area (Å²) in [6.07, 6.45) is 0. The van der Waals surface area contributed by atoms with Gasteiger partial charge in [-0.15, -0.1) is 33.8 Å². The van der Waals surface area contributed by atoms with E-state index >= 15 is 0 Å². The Kier molecular flexibility index (Phi) is 9.80. The molecule has 0 bridgehead atoms. The zero-order valence-electron chi connectivity index (χ0n) is 33.2. The summed E-state index contributed by atoms with van der Waals surface area (Å²) in [6.45, 7) is 29.0. The van der Waals surface area contributed by atoms with E-state index in [4.69, 9.17) is 0 Å². The van der Waals surface area contributed by atoms with Gasteiger partial charge in [0.1, 0.15) is 16.1 Å². The molecule has 0 atom stereocenters. The Morgan fingerprint density at radius 3 is 0.962 bits per heavy atom. The molecule has 2 heterocycles. The van der Waals surface area contributed by atoms with Gasteiger partial charge in [0, 0.05) is 20.5 Å². The number of hydrogen-bond acceptors (Lipinski definition) is 2. The van der Waals surface area contributed by atoms with Crippen molar-refractivity contribution in [1.29, 1.82) is 0 Å². The second kappa shape index (κ2) is 13.8. The van der Waals surface area contributed by atoms with Crippen molar-refractivity contribution in [2.75, 3.05) is 0 Å². The molecule has 2 aromatic heterocycles. The van der Waals surface area contributed by atoms with Crippen molar-refractivity contribution in [3.8, 4) is 22.9 Å². The molecule has 7 rings (SSSR count). The van der Waals surface area contributed by atoms with Crippen LogP contribution in [0.3, 0.4) is 0 Å². The summed E-state index contributed by atoms with van der Waals surface area (Å²) in [5, 5.41) is 17.1. The van der Waals surface area contributed by atoms with Gasteiger partial charge in [0.15, 0.2) is 0 Å². The third-order valence-corrected chi connectivity index (χ3v) is 27.1. The fourth-order valence-electron chi connectivity index (χ4n) is 10.1. The normalized spacial score (nSPS) is 13.0. The van der Waals surface area contributed by atoms with Crippen molar-refractivity contribution in [2.24, 2.45) is 0 Å². The first kappa shape index (κ1) is 37.0. The first-order valence-corrected chi connectivity index (χ1v) is 25.6. The third kappa shape index (κ3) is 5.86. The Balaban J connectivity index is 1.71. The van der Waals surface area contributed by atoms with Crippen LogP contribution in [0.1, 0.15) is 94.2 Å². The van der Waals surface area contributed by atoms with Gasteiger partial charge in [-0.05, 0) is 159 Å². The first-order valence-electron chi connectivity index (χ1n) is 19.4. The molecule has 266 valence electrons. The van der Waals surface area contributed by atoms with Gasteiger partial charge in [-0.1, -0.05) is 94.9 Å². The van der Waals surface area contributed by atoms with Gasteiger partial charge in [-0.3, -0.25) is 0 Å². The van der Waals surface area contributed by atoms with E-state index in [0.29, 0.717) is 33.2 Å². The number of benzene rings is 5. The summed E-state index contributed by atoms with van der Waals surface area (Å²) in [5.74, 6) is 8.08. The Hall–Kier alpha value is -3.39. The minimum atomic E-state index is -2.02. The molecule has 0 saturated heterocycles. The maximum atomic E-state index is 4.16. The van der Waals surface area contributed by atoms with E-state index in [1.807, 2.05) is 22.7 Å². The molecule has 0 aliphatic rings. The van der Waals surface area contributed by atoms with Gasteiger partial charge < -0.3 is 0 Å². The summed E-state index contributed by atoms with van der Waals surface area (Å²) in [5.41, 5.74) is 14.0. The molecule has 5 aromatic carbocycles. The van der Waals surface area contributed by atoms with Gasteiger partial charge in [-0.25, -0.2) is 0 Å². The van der Waals surface area contributed by atoms with E-state index in [2.05, 4.69) is 177 Å². The number of thiophene rings is 2. The zero-order valence-corrected chi connectivity index (χ0v) is 36.8. The summed E-state index contributed by atoms with van der Waals surface area (Å²) >= 11 is 3.65. The Morgan fingerprint density at radius 1 is 0.385 bits per heavy atom. The average molecular weight is 751 g/mol. The average Bonchev–Trinajstić information content (AvgIpc) is 3.73. The predicted molar refractivity (Wildman–Crippen MR) is 243 cm³/mol. The highest BCUT2D eigenvalue weighted by Crippen LogP contribution is 2.44. The molecule has 0 N–H and O–H groups in total. The van der Waals surface area contributed by atoms with Gasteiger partial charge in [-0.2, -0.15) is 0 Å². The minimum absolute atomic E-state index is 0.560. The molecule has 0 aliphatic carbocycles. The lowest BCUT2D eigenvalue weighted by atomic mass is 9.88. The predicted octanol–water partition coefficient (Wildman–Crippen LogP) is 15.9. The fraction of sp³-hybridized carbons (Fsp3) is 0.375. The van der Waals surface area contributed by atoms with Gasteiger partial charge in [0.05, 0.1) is 0 Å². The van der Waals surface area contributed by atoms with Crippen LogP contribution in [-0.2, 0) is 0 Å². The van der Waals surface area contributed by atoms with Gasteiger partial charge in [0.2, 0.25) is 0 Å². The van der Waals surface area contributed by atoms with Crippen molar-refractivity contribution in [3.63, 3.8) is 0 Å². The Labute approximate surface area is 322 Å². The lowest BCUT2D eigenvalue weighted by Gasteiger charge is -2.38. The first-order chi connectivity index (χ1) is 24.7. The van der Waals surface area contributed by atoms with Crippen molar-refractivity contribution >= 4 is 102 Å². The zero-order chi connectivity index (χ0) is 37.3. The Morgan fingerprint density at radius 2 is 0.673 bits per heavy atom. The Bertz CT molecular complexity index is 2270. The molecular weight excluding hydrogens is 697 g/mol. The van der Waals surface area contributed by atoms with Gasteiger partial charge in [0.25, 0.3) is 0 Å². The maximum Gasteiger partial charge on any atom is 0.146 e.